The third-order valence-corrected chi connectivity index (χ3v) is 5.40. The molecule has 2 aromatic carbocycles. The zero-order valence-corrected chi connectivity index (χ0v) is 16.8. The third-order valence-electron chi connectivity index (χ3n) is 3.56. The molecule has 1 aromatic heterocycles. The van der Waals surface area contributed by atoms with Crippen LogP contribution in [0, 0.1) is 0 Å². The van der Waals surface area contributed by atoms with Crippen LogP contribution in [0.4, 0.5) is 0 Å². The van der Waals surface area contributed by atoms with Crippen LogP contribution in [0.25, 0.3) is 0 Å². The first-order valence-electron chi connectivity index (χ1n) is 7.84. The van der Waals surface area contributed by atoms with Gasteiger partial charge in [-0.05, 0) is 36.8 Å². The van der Waals surface area contributed by atoms with Gasteiger partial charge in [-0.3, -0.25) is 0 Å². The van der Waals surface area contributed by atoms with E-state index in [1.807, 2.05) is 30.3 Å². The largest absolute Gasteiger partial charge is 0.484 e. The summed E-state index contributed by atoms with van der Waals surface area (Å²) in [5.74, 6) is 2.28. The quantitative estimate of drug-likeness (QED) is 0.451. The molecule has 1 heterocycles. The van der Waals surface area contributed by atoms with E-state index in [9.17, 15) is 0 Å². The Bertz CT molecular complexity index is 856. The van der Waals surface area contributed by atoms with Gasteiger partial charge in [-0.1, -0.05) is 63.6 Å². The van der Waals surface area contributed by atoms with Crippen LogP contribution in [0.3, 0.4) is 0 Å². The van der Waals surface area contributed by atoms with E-state index in [-0.39, 0.29) is 0 Å². The minimum absolute atomic E-state index is 0.335. The van der Waals surface area contributed by atoms with E-state index in [4.69, 9.17) is 16.3 Å². The van der Waals surface area contributed by atoms with Gasteiger partial charge in [0.2, 0.25) is 0 Å². The van der Waals surface area contributed by atoms with E-state index in [1.54, 1.807) is 17.8 Å². The molecule has 130 valence electrons. The number of aromatic nitrogens is 3. The molecule has 7 heteroatoms. The third kappa shape index (κ3) is 4.77. The van der Waals surface area contributed by atoms with Crippen LogP contribution in [0.5, 0.6) is 5.75 Å². The Morgan fingerprint density at radius 2 is 2.00 bits per heavy atom. The molecule has 0 saturated heterocycles. The Morgan fingerprint density at radius 1 is 1.16 bits per heavy atom. The van der Waals surface area contributed by atoms with Crippen molar-refractivity contribution in [1.29, 1.82) is 0 Å². The molecule has 0 bridgehead atoms. The number of hydrogen-bond acceptors (Lipinski definition) is 4. The molecule has 0 saturated carbocycles. The van der Waals surface area contributed by atoms with E-state index in [0.29, 0.717) is 17.4 Å². The average molecular weight is 439 g/mol. The first-order valence-corrected chi connectivity index (χ1v) is 9.99. The second-order valence-electron chi connectivity index (χ2n) is 5.28. The van der Waals surface area contributed by atoms with E-state index in [1.165, 1.54) is 5.56 Å². The predicted molar refractivity (Wildman–Crippen MR) is 105 cm³/mol. The van der Waals surface area contributed by atoms with Crippen LogP contribution in [-0.4, -0.2) is 14.8 Å². The smallest absolute Gasteiger partial charge is 0.191 e. The number of rotatable bonds is 7. The van der Waals surface area contributed by atoms with E-state index in [2.05, 4.69) is 49.8 Å². The molecule has 0 aliphatic heterocycles. The minimum Gasteiger partial charge on any atom is -0.484 e. The highest BCUT2D eigenvalue weighted by Gasteiger charge is 2.13. The zero-order valence-electron chi connectivity index (χ0n) is 13.7. The summed E-state index contributed by atoms with van der Waals surface area (Å²) in [5.41, 5.74) is 1.24. The summed E-state index contributed by atoms with van der Waals surface area (Å²) in [6.07, 6.45) is 0. The number of nitrogens with zero attached hydrogens (tertiary/aromatic N) is 3. The molecule has 0 fully saturated rings. The Kier molecular flexibility index (Phi) is 6.39. The van der Waals surface area contributed by atoms with Crippen LogP contribution < -0.4 is 4.74 Å². The lowest BCUT2D eigenvalue weighted by molar-refractivity contribution is 0.288. The van der Waals surface area contributed by atoms with E-state index < -0.39 is 0 Å². The van der Waals surface area contributed by atoms with Gasteiger partial charge in [0.15, 0.2) is 11.0 Å². The highest BCUT2D eigenvalue weighted by molar-refractivity contribution is 9.10. The normalized spacial score (nSPS) is 10.8. The van der Waals surface area contributed by atoms with Crippen molar-refractivity contribution in [2.24, 2.45) is 0 Å². The second kappa shape index (κ2) is 8.74. The van der Waals surface area contributed by atoms with Crippen molar-refractivity contribution >= 4 is 39.3 Å². The van der Waals surface area contributed by atoms with Crippen LogP contribution in [0.1, 0.15) is 18.3 Å². The predicted octanol–water partition coefficient (Wildman–Crippen LogP) is 5.59. The monoisotopic (exact) mass is 437 g/mol. The number of benzene rings is 2. The molecule has 25 heavy (non-hydrogen) atoms. The summed E-state index contributed by atoms with van der Waals surface area (Å²) < 4.78 is 8.94. The molecular formula is C18H17BrClN3OS. The van der Waals surface area contributed by atoms with Gasteiger partial charge in [0.1, 0.15) is 12.4 Å². The number of ether oxygens (including phenoxy) is 1. The van der Waals surface area contributed by atoms with Gasteiger partial charge < -0.3 is 9.30 Å². The topological polar surface area (TPSA) is 39.9 Å². The molecule has 3 rings (SSSR count). The van der Waals surface area contributed by atoms with Gasteiger partial charge in [0, 0.05) is 16.8 Å². The molecule has 0 radical (unpaired) electrons. The fourth-order valence-electron chi connectivity index (χ4n) is 2.33. The van der Waals surface area contributed by atoms with Crippen molar-refractivity contribution < 1.29 is 4.74 Å². The maximum Gasteiger partial charge on any atom is 0.191 e. The molecule has 0 aliphatic rings. The summed E-state index contributed by atoms with van der Waals surface area (Å²) in [6.45, 7) is 3.20. The molecule has 0 amide bonds. The Balaban J connectivity index is 1.67. The van der Waals surface area contributed by atoms with Gasteiger partial charge >= 0.3 is 0 Å². The molecule has 0 spiro atoms. The van der Waals surface area contributed by atoms with Crippen LogP contribution in [-0.2, 0) is 18.9 Å². The van der Waals surface area contributed by atoms with Gasteiger partial charge in [0.25, 0.3) is 0 Å². The van der Waals surface area contributed by atoms with Crippen molar-refractivity contribution in [3.05, 3.63) is 69.4 Å². The molecule has 0 unspecified atom stereocenters. The van der Waals surface area contributed by atoms with Crippen LogP contribution in [0.15, 0.2) is 58.2 Å². The molecule has 3 aromatic rings. The van der Waals surface area contributed by atoms with Crippen molar-refractivity contribution in [2.75, 3.05) is 0 Å². The highest BCUT2D eigenvalue weighted by Crippen LogP contribution is 2.26. The maximum atomic E-state index is 6.12. The summed E-state index contributed by atoms with van der Waals surface area (Å²) in [6, 6.07) is 15.7. The number of para-hydroxylation sites is 1. The van der Waals surface area contributed by atoms with E-state index >= 15 is 0 Å². The van der Waals surface area contributed by atoms with E-state index in [0.717, 1.165) is 27.8 Å². The molecule has 0 atom stereocenters. The SMILES string of the molecule is CCn1c(COc2ccccc2Cl)nnc1SCc1cccc(Br)c1. The number of hydrogen-bond donors (Lipinski definition) is 0. The van der Waals surface area contributed by atoms with Crippen LogP contribution >= 0.6 is 39.3 Å². The standard InChI is InChI=1S/C18H17BrClN3OS/c1-2-23-17(11-24-16-9-4-3-8-15(16)20)21-22-18(23)25-12-13-6-5-7-14(19)10-13/h3-10H,2,11-12H2,1H3. The lowest BCUT2D eigenvalue weighted by Crippen LogP contribution is -2.07. The summed E-state index contributed by atoms with van der Waals surface area (Å²) in [7, 11) is 0. The van der Waals surface area contributed by atoms with Crippen LogP contribution in [0.2, 0.25) is 5.02 Å². The first-order chi connectivity index (χ1) is 12.2. The number of thioether (sulfide) groups is 1. The zero-order chi connectivity index (χ0) is 17.6. The van der Waals surface area contributed by atoms with Crippen molar-refractivity contribution in [3.8, 4) is 5.75 Å². The Labute approximate surface area is 164 Å². The molecular weight excluding hydrogens is 422 g/mol. The molecule has 4 nitrogen and oxygen atoms in total. The van der Waals surface area contributed by atoms with Crippen molar-refractivity contribution in [2.45, 2.75) is 31.0 Å². The van der Waals surface area contributed by atoms with Crippen molar-refractivity contribution in [1.82, 2.24) is 14.8 Å². The minimum atomic E-state index is 0.335. The fourth-order valence-corrected chi connectivity index (χ4v) is 3.93. The van der Waals surface area contributed by atoms with Gasteiger partial charge in [-0.15, -0.1) is 10.2 Å². The average Bonchev–Trinajstić information content (AvgIpc) is 3.01. The van der Waals surface area contributed by atoms with Crippen molar-refractivity contribution in [3.63, 3.8) is 0 Å². The molecule has 0 aliphatic carbocycles. The summed E-state index contributed by atoms with van der Waals surface area (Å²) in [4.78, 5) is 0. The Morgan fingerprint density at radius 3 is 2.76 bits per heavy atom. The fraction of sp³-hybridized carbons (Fsp3) is 0.222. The highest BCUT2D eigenvalue weighted by atomic mass is 79.9. The number of halogens is 2. The summed E-state index contributed by atoms with van der Waals surface area (Å²) >= 11 is 11.3. The van der Waals surface area contributed by atoms with Gasteiger partial charge in [-0.25, -0.2) is 0 Å². The lowest BCUT2D eigenvalue weighted by Gasteiger charge is -2.09. The lowest BCUT2D eigenvalue weighted by atomic mass is 10.2. The maximum absolute atomic E-state index is 6.12. The molecule has 0 N–H and O–H groups in total. The Hall–Kier alpha value is -1.50. The first kappa shape index (κ1) is 18.3. The second-order valence-corrected chi connectivity index (χ2v) is 7.55. The van der Waals surface area contributed by atoms with Gasteiger partial charge in [-0.2, -0.15) is 0 Å². The van der Waals surface area contributed by atoms with Gasteiger partial charge in [0.05, 0.1) is 5.02 Å². The summed E-state index contributed by atoms with van der Waals surface area (Å²) in [5, 5.41) is 10.1.